The number of hydrazone groups is 1. The van der Waals surface area contributed by atoms with E-state index in [1.54, 1.807) is 0 Å². The van der Waals surface area contributed by atoms with Gasteiger partial charge < -0.3 is 25.0 Å². The van der Waals surface area contributed by atoms with Crippen LogP contribution in [-0.2, 0) is 4.74 Å². The maximum absolute atomic E-state index is 14.2. The molecule has 11 heteroatoms. The first kappa shape index (κ1) is 21.5. The van der Waals surface area contributed by atoms with E-state index in [9.17, 15) is 9.50 Å². The van der Waals surface area contributed by atoms with E-state index in [2.05, 4.69) is 30.7 Å². The van der Waals surface area contributed by atoms with Crippen molar-refractivity contribution in [3.63, 3.8) is 0 Å². The highest BCUT2D eigenvalue weighted by Crippen LogP contribution is 2.39. The van der Waals surface area contributed by atoms with Gasteiger partial charge in [0.05, 0.1) is 31.3 Å². The molecule has 2 aliphatic rings. The number of hydrogen-bond donors (Lipinski definition) is 3. The van der Waals surface area contributed by atoms with E-state index in [1.807, 2.05) is 17.9 Å². The molecule has 2 saturated heterocycles. The predicted molar refractivity (Wildman–Crippen MR) is 119 cm³/mol. The van der Waals surface area contributed by atoms with Crippen molar-refractivity contribution in [3.05, 3.63) is 34.2 Å². The van der Waals surface area contributed by atoms with Crippen molar-refractivity contribution in [1.29, 1.82) is 0 Å². The van der Waals surface area contributed by atoms with Crippen LogP contribution in [0, 0.1) is 12.7 Å². The standard InChI is InChI=1S/C20H25ClFN7O2/c1-13-10-14(18(30)16(21)17(13)28-6-8-31-9-7-28)11-25-27-20-24-12-15(22)19(26-20)29-4-2-23-3-5-29/h10-12,23,30H,2-9H2,1H3,(H,24,26,27)/b25-11-. The summed E-state index contributed by atoms with van der Waals surface area (Å²) in [6, 6.07) is 1.81. The first-order chi connectivity index (χ1) is 15.0. The molecule has 0 aliphatic carbocycles. The zero-order valence-electron chi connectivity index (χ0n) is 17.2. The highest BCUT2D eigenvalue weighted by atomic mass is 35.5. The number of aromatic hydroxyl groups is 1. The number of ether oxygens (including phenoxy) is 1. The number of phenols is 1. The van der Waals surface area contributed by atoms with Gasteiger partial charge in [-0.1, -0.05) is 11.6 Å². The molecule has 9 nitrogen and oxygen atoms in total. The number of benzene rings is 1. The molecule has 2 aliphatic heterocycles. The fourth-order valence-corrected chi connectivity index (χ4v) is 4.10. The predicted octanol–water partition coefficient (Wildman–Crippen LogP) is 1.98. The minimum atomic E-state index is -0.477. The highest BCUT2D eigenvalue weighted by Gasteiger charge is 2.21. The molecule has 0 saturated carbocycles. The van der Waals surface area contributed by atoms with Gasteiger partial charge in [0, 0.05) is 44.8 Å². The molecule has 2 aromatic rings. The molecule has 3 N–H and O–H groups in total. The van der Waals surface area contributed by atoms with Crippen LogP contribution < -0.4 is 20.5 Å². The van der Waals surface area contributed by atoms with Gasteiger partial charge in [0.1, 0.15) is 10.8 Å². The number of anilines is 3. The number of aryl methyl sites for hydroxylation is 1. The Balaban J connectivity index is 1.50. The van der Waals surface area contributed by atoms with Crippen LogP contribution in [-0.4, -0.2) is 73.8 Å². The lowest BCUT2D eigenvalue weighted by molar-refractivity contribution is 0.122. The van der Waals surface area contributed by atoms with Crippen LogP contribution in [0.25, 0.3) is 0 Å². The number of hydrogen-bond acceptors (Lipinski definition) is 9. The molecule has 3 heterocycles. The van der Waals surface area contributed by atoms with E-state index in [-0.39, 0.29) is 22.5 Å². The molecule has 4 rings (SSSR count). The van der Waals surface area contributed by atoms with Crippen LogP contribution >= 0.6 is 11.6 Å². The second-order valence-electron chi connectivity index (χ2n) is 7.37. The van der Waals surface area contributed by atoms with E-state index in [0.29, 0.717) is 45.0 Å². The van der Waals surface area contributed by atoms with Crippen molar-refractivity contribution < 1.29 is 14.2 Å². The lowest BCUT2D eigenvalue weighted by atomic mass is 10.1. The highest BCUT2D eigenvalue weighted by molar-refractivity contribution is 6.35. The third-order valence-corrected chi connectivity index (χ3v) is 5.63. The molecule has 1 aromatic carbocycles. The van der Waals surface area contributed by atoms with Crippen LogP contribution in [0.2, 0.25) is 5.02 Å². The molecule has 0 amide bonds. The van der Waals surface area contributed by atoms with Crippen LogP contribution in [0.15, 0.2) is 17.4 Å². The molecule has 0 unspecified atom stereocenters. The molecule has 166 valence electrons. The monoisotopic (exact) mass is 449 g/mol. The van der Waals surface area contributed by atoms with Crippen LogP contribution in [0.4, 0.5) is 21.8 Å². The Hall–Kier alpha value is -2.69. The van der Waals surface area contributed by atoms with E-state index < -0.39 is 5.82 Å². The molecular formula is C20H25ClFN7O2. The van der Waals surface area contributed by atoms with Gasteiger partial charge in [-0.2, -0.15) is 10.1 Å². The van der Waals surface area contributed by atoms with Crippen LogP contribution in [0.5, 0.6) is 5.75 Å². The number of morpholine rings is 1. The summed E-state index contributed by atoms with van der Waals surface area (Å²) < 4.78 is 19.5. The maximum atomic E-state index is 14.2. The topological polar surface area (TPSA) is 98.1 Å². The van der Waals surface area contributed by atoms with Gasteiger partial charge in [-0.05, 0) is 18.6 Å². The van der Waals surface area contributed by atoms with Gasteiger partial charge in [-0.15, -0.1) is 0 Å². The van der Waals surface area contributed by atoms with Crippen molar-refractivity contribution in [3.8, 4) is 5.75 Å². The number of nitrogens with one attached hydrogen (secondary N) is 2. The molecule has 31 heavy (non-hydrogen) atoms. The summed E-state index contributed by atoms with van der Waals surface area (Å²) >= 11 is 6.47. The van der Waals surface area contributed by atoms with Crippen molar-refractivity contribution in [2.75, 3.05) is 67.7 Å². The van der Waals surface area contributed by atoms with Gasteiger partial charge in [-0.3, -0.25) is 0 Å². The Kier molecular flexibility index (Phi) is 6.69. The zero-order valence-corrected chi connectivity index (χ0v) is 18.0. The summed E-state index contributed by atoms with van der Waals surface area (Å²) in [6.07, 6.45) is 2.56. The van der Waals surface area contributed by atoms with Crippen molar-refractivity contribution in [2.24, 2.45) is 5.10 Å². The third kappa shape index (κ3) is 4.81. The molecule has 1 aromatic heterocycles. The Morgan fingerprint density at radius 2 is 2.00 bits per heavy atom. The number of halogens is 2. The Morgan fingerprint density at radius 1 is 1.26 bits per heavy atom. The maximum Gasteiger partial charge on any atom is 0.245 e. The minimum absolute atomic E-state index is 0.0548. The Bertz CT molecular complexity index is 963. The van der Waals surface area contributed by atoms with Gasteiger partial charge in [0.2, 0.25) is 5.95 Å². The third-order valence-electron chi connectivity index (χ3n) is 5.27. The largest absolute Gasteiger partial charge is 0.506 e. The number of aromatic nitrogens is 2. The molecule has 0 bridgehead atoms. The lowest BCUT2D eigenvalue weighted by Gasteiger charge is -2.31. The second-order valence-corrected chi connectivity index (χ2v) is 7.74. The molecular weight excluding hydrogens is 425 g/mol. The number of piperazine rings is 1. The van der Waals surface area contributed by atoms with Gasteiger partial charge in [-0.25, -0.2) is 14.8 Å². The lowest BCUT2D eigenvalue weighted by Crippen LogP contribution is -2.44. The number of nitrogens with zero attached hydrogens (tertiary/aromatic N) is 5. The van der Waals surface area contributed by atoms with Gasteiger partial charge in [0.25, 0.3) is 0 Å². The first-order valence-corrected chi connectivity index (χ1v) is 10.5. The summed E-state index contributed by atoms with van der Waals surface area (Å²) in [6.45, 7) is 7.47. The molecule has 0 atom stereocenters. The van der Waals surface area contributed by atoms with Crippen LogP contribution in [0.1, 0.15) is 11.1 Å². The van der Waals surface area contributed by atoms with Crippen molar-refractivity contribution >= 4 is 35.3 Å². The fraction of sp³-hybridized carbons (Fsp3) is 0.450. The summed E-state index contributed by atoms with van der Waals surface area (Å²) in [5.41, 5.74) is 4.88. The van der Waals surface area contributed by atoms with Gasteiger partial charge in [0.15, 0.2) is 11.6 Å². The summed E-state index contributed by atoms with van der Waals surface area (Å²) in [5, 5.41) is 18.2. The number of phenolic OH excluding ortho intramolecular Hbond substituents is 1. The second kappa shape index (κ2) is 9.63. The smallest absolute Gasteiger partial charge is 0.245 e. The SMILES string of the molecule is Cc1cc(/C=N\Nc2ncc(F)c(N3CCNCC3)n2)c(O)c(Cl)c1N1CCOCC1. The Labute approximate surface area is 184 Å². The molecule has 0 spiro atoms. The average Bonchev–Trinajstić information content (AvgIpc) is 2.79. The average molecular weight is 450 g/mol. The Morgan fingerprint density at radius 3 is 2.74 bits per heavy atom. The van der Waals surface area contributed by atoms with E-state index in [4.69, 9.17) is 16.3 Å². The van der Waals surface area contributed by atoms with E-state index >= 15 is 0 Å². The minimum Gasteiger partial charge on any atom is -0.506 e. The summed E-state index contributed by atoms with van der Waals surface area (Å²) in [5.74, 6) is -0.125. The van der Waals surface area contributed by atoms with Crippen molar-refractivity contribution in [2.45, 2.75) is 6.92 Å². The van der Waals surface area contributed by atoms with E-state index in [0.717, 1.165) is 30.5 Å². The van der Waals surface area contributed by atoms with Crippen molar-refractivity contribution in [1.82, 2.24) is 15.3 Å². The summed E-state index contributed by atoms with van der Waals surface area (Å²) in [4.78, 5) is 12.1. The van der Waals surface area contributed by atoms with Gasteiger partial charge >= 0.3 is 0 Å². The van der Waals surface area contributed by atoms with Crippen LogP contribution in [0.3, 0.4) is 0 Å². The molecule has 0 radical (unpaired) electrons. The van der Waals surface area contributed by atoms with E-state index in [1.165, 1.54) is 6.21 Å². The first-order valence-electron chi connectivity index (χ1n) is 10.2. The quantitative estimate of drug-likeness (QED) is 0.471. The fourth-order valence-electron chi connectivity index (χ4n) is 3.73. The number of rotatable bonds is 5. The normalized spacial score (nSPS) is 17.4. The summed E-state index contributed by atoms with van der Waals surface area (Å²) in [7, 11) is 0. The molecule has 2 fully saturated rings. The zero-order chi connectivity index (χ0) is 21.8.